The Morgan fingerprint density at radius 3 is 2.42 bits per heavy atom. The van der Waals surface area contributed by atoms with Crippen molar-refractivity contribution in [2.45, 2.75) is 13.1 Å². The maximum atomic E-state index is 13.7. The summed E-state index contributed by atoms with van der Waals surface area (Å²) in [5.41, 5.74) is 13.9. The van der Waals surface area contributed by atoms with Crippen LogP contribution in [0.25, 0.3) is 45.2 Å². The predicted octanol–water partition coefficient (Wildman–Crippen LogP) is 7.70. The third kappa shape index (κ3) is 5.45. The summed E-state index contributed by atoms with van der Waals surface area (Å²) >= 11 is 3.58. The molecular weight excluding hydrogens is 560 g/mol. The molecule has 0 fully saturated rings. The summed E-state index contributed by atoms with van der Waals surface area (Å²) in [7, 11) is 0. The highest BCUT2D eigenvalue weighted by molar-refractivity contribution is 9.10. The number of amides is 1. The van der Waals surface area contributed by atoms with Gasteiger partial charge in [-0.05, 0) is 58.7 Å². The second kappa shape index (κ2) is 11.3. The first-order valence-electron chi connectivity index (χ1n) is 13.1. The van der Waals surface area contributed by atoms with Crippen LogP contribution in [0, 0.1) is 0 Å². The fourth-order valence-electron chi connectivity index (χ4n) is 4.81. The number of fused-ring (bicyclic) bond motifs is 2. The van der Waals surface area contributed by atoms with E-state index in [1.165, 1.54) is 0 Å². The second-order valence-corrected chi connectivity index (χ2v) is 10.6. The molecule has 0 aliphatic heterocycles. The van der Waals surface area contributed by atoms with E-state index >= 15 is 0 Å². The summed E-state index contributed by atoms with van der Waals surface area (Å²) in [6.07, 6.45) is 6.07. The van der Waals surface area contributed by atoms with Gasteiger partial charge in [-0.1, -0.05) is 88.7 Å². The van der Waals surface area contributed by atoms with Gasteiger partial charge in [-0.3, -0.25) is 4.79 Å². The van der Waals surface area contributed by atoms with E-state index in [0.29, 0.717) is 18.7 Å². The molecule has 0 aliphatic rings. The number of nitrogens with one attached hydrogen (secondary N) is 2. The van der Waals surface area contributed by atoms with Gasteiger partial charge in [0, 0.05) is 45.6 Å². The Morgan fingerprint density at radius 1 is 0.850 bits per heavy atom. The van der Waals surface area contributed by atoms with Crippen molar-refractivity contribution in [1.82, 2.24) is 15.3 Å². The van der Waals surface area contributed by atoms with Crippen molar-refractivity contribution in [2.75, 3.05) is 0 Å². The summed E-state index contributed by atoms with van der Waals surface area (Å²) < 4.78 is 0.982. The van der Waals surface area contributed by atoms with Crippen LogP contribution in [0.5, 0.6) is 0 Å². The zero-order chi connectivity index (χ0) is 27.5. The first kappa shape index (κ1) is 25.7. The minimum atomic E-state index is -0.151. The van der Waals surface area contributed by atoms with E-state index in [4.69, 9.17) is 10.7 Å². The predicted molar refractivity (Wildman–Crippen MR) is 168 cm³/mol. The van der Waals surface area contributed by atoms with Gasteiger partial charge in [-0.2, -0.15) is 0 Å². The van der Waals surface area contributed by atoms with Crippen molar-refractivity contribution in [2.24, 2.45) is 5.73 Å². The van der Waals surface area contributed by atoms with Crippen molar-refractivity contribution in [3.8, 4) is 11.3 Å². The van der Waals surface area contributed by atoms with Gasteiger partial charge in [0.05, 0.1) is 16.8 Å². The maximum Gasteiger partial charge on any atom is 0.252 e. The molecule has 0 saturated heterocycles. The number of rotatable bonds is 7. The minimum absolute atomic E-state index is 0.151. The Labute approximate surface area is 240 Å². The highest BCUT2D eigenvalue weighted by Crippen LogP contribution is 2.32. The molecule has 0 atom stereocenters. The van der Waals surface area contributed by atoms with Crippen LogP contribution in [0.4, 0.5) is 0 Å². The smallest absolute Gasteiger partial charge is 0.252 e. The Kier molecular flexibility index (Phi) is 7.27. The number of halogens is 1. The first-order valence-corrected chi connectivity index (χ1v) is 13.9. The Balaban J connectivity index is 1.41. The molecule has 2 heterocycles. The van der Waals surface area contributed by atoms with Crippen LogP contribution in [0.1, 0.15) is 32.6 Å². The molecule has 1 amide bonds. The lowest BCUT2D eigenvalue weighted by atomic mass is 10.0. The van der Waals surface area contributed by atoms with Crippen molar-refractivity contribution < 1.29 is 4.79 Å². The molecule has 0 aliphatic carbocycles. The number of benzene rings is 4. The molecule has 0 radical (unpaired) electrons. The number of hydrogen-bond donors (Lipinski definition) is 3. The van der Waals surface area contributed by atoms with Crippen LogP contribution in [-0.4, -0.2) is 15.9 Å². The van der Waals surface area contributed by atoms with Gasteiger partial charge in [0.2, 0.25) is 0 Å². The number of aromatic amines is 1. The van der Waals surface area contributed by atoms with E-state index in [1.54, 1.807) is 0 Å². The largest absolute Gasteiger partial charge is 0.360 e. The topological polar surface area (TPSA) is 83.8 Å². The van der Waals surface area contributed by atoms with E-state index in [9.17, 15) is 4.79 Å². The van der Waals surface area contributed by atoms with Crippen LogP contribution in [0.3, 0.4) is 0 Å². The molecule has 196 valence electrons. The number of aromatic nitrogens is 2. The SMILES string of the molecule is NCc1ccc(CNC(=O)c2cc(-c3c[nH]c4ccc(Br)cc34)nc3ccc(C=Cc4ccccc4)cc23)cc1. The average Bonchev–Trinajstić information content (AvgIpc) is 3.42. The highest BCUT2D eigenvalue weighted by atomic mass is 79.9. The van der Waals surface area contributed by atoms with E-state index in [1.807, 2.05) is 85.1 Å². The number of nitrogens with zero attached hydrogens (tertiary/aromatic N) is 1. The van der Waals surface area contributed by atoms with Crippen molar-refractivity contribution in [3.63, 3.8) is 0 Å². The zero-order valence-corrected chi connectivity index (χ0v) is 23.3. The standard InChI is InChI=1S/C34H27BrN4O/c35-26-13-15-31-28(17-26)30(21-37-31)33-18-29(34(40)38-20-25-10-8-24(19-36)9-11-25)27-16-23(12-14-32(27)39-33)7-6-22-4-2-1-3-5-22/h1-18,21,37H,19-20,36H2,(H,38,40). The van der Waals surface area contributed by atoms with E-state index in [2.05, 4.69) is 56.6 Å². The van der Waals surface area contributed by atoms with Gasteiger partial charge in [-0.15, -0.1) is 0 Å². The molecule has 5 nitrogen and oxygen atoms in total. The summed E-state index contributed by atoms with van der Waals surface area (Å²) in [4.78, 5) is 22.0. The molecule has 0 saturated carbocycles. The third-order valence-electron chi connectivity index (χ3n) is 6.98. The molecule has 0 spiro atoms. The number of nitrogens with two attached hydrogens (primary N) is 1. The van der Waals surface area contributed by atoms with Crippen LogP contribution < -0.4 is 11.1 Å². The van der Waals surface area contributed by atoms with Crippen molar-refractivity contribution in [1.29, 1.82) is 0 Å². The van der Waals surface area contributed by atoms with Crippen molar-refractivity contribution in [3.05, 3.63) is 136 Å². The molecule has 2 aromatic heterocycles. The fraction of sp³-hybridized carbons (Fsp3) is 0.0588. The molecule has 4 N–H and O–H groups in total. The Morgan fingerprint density at radius 2 is 1.62 bits per heavy atom. The van der Waals surface area contributed by atoms with Gasteiger partial charge >= 0.3 is 0 Å². The Bertz CT molecular complexity index is 1860. The quantitative estimate of drug-likeness (QED) is 0.167. The normalized spacial score (nSPS) is 11.4. The van der Waals surface area contributed by atoms with E-state index < -0.39 is 0 Å². The first-order chi connectivity index (χ1) is 19.6. The van der Waals surface area contributed by atoms with Gasteiger partial charge < -0.3 is 16.0 Å². The maximum absolute atomic E-state index is 13.7. The lowest BCUT2D eigenvalue weighted by Gasteiger charge is -2.12. The van der Waals surface area contributed by atoms with Crippen LogP contribution in [0.2, 0.25) is 0 Å². The molecular formula is C34H27BrN4O. The molecule has 6 aromatic rings. The number of H-pyrrole nitrogens is 1. The van der Waals surface area contributed by atoms with Crippen LogP contribution >= 0.6 is 15.9 Å². The van der Waals surface area contributed by atoms with Gasteiger partial charge in [0.25, 0.3) is 5.91 Å². The molecule has 6 heteroatoms. The highest BCUT2D eigenvalue weighted by Gasteiger charge is 2.17. The molecule has 0 bridgehead atoms. The second-order valence-electron chi connectivity index (χ2n) is 9.67. The Hall–Kier alpha value is -4.52. The number of pyridine rings is 1. The average molecular weight is 588 g/mol. The molecule has 0 unspecified atom stereocenters. The number of carbonyl (C=O) groups is 1. The molecule has 4 aromatic carbocycles. The zero-order valence-electron chi connectivity index (χ0n) is 21.7. The fourth-order valence-corrected chi connectivity index (χ4v) is 5.17. The summed E-state index contributed by atoms with van der Waals surface area (Å²) in [6.45, 7) is 0.903. The van der Waals surface area contributed by atoms with Gasteiger partial charge in [-0.25, -0.2) is 4.98 Å². The number of hydrogen-bond acceptors (Lipinski definition) is 3. The van der Waals surface area contributed by atoms with Crippen LogP contribution in [-0.2, 0) is 13.1 Å². The summed E-state index contributed by atoms with van der Waals surface area (Å²) in [6, 6.07) is 32.1. The third-order valence-corrected chi connectivity index (χ3v) is 7.47. The number of carbonyl (C=O) groups excluding carboxylic acids is 1. The van der Waals surface area contributed by atoms with E-state index in [0.717, 1.165) is 59.8 Å². The molecule has 6 rings (SSSR count). The van der Waals surface area contributed by atoms with Gasteiger partial charge in [0.1, 0.15) is 0 Å². The summed E-state index contributed by atoms with van der Waals surface area (Å²) in [5, 5.41) is 4.95. The van der Waals surface area contributed by atoms with E-state index in [-0.39, 0.29) is 5.91 Å². The monoisotopic (exact) mass is 586 g/mol. The minimum Gasteiger partial charge on any atom is -0.360 e. The van der Waals surface area contributed by atoms with Crippen LogP contribution in [0.15, 0.2) is 108 Å². The lowest BCUT2D eigenvalue weighted by Crippen LogP contribution is -2.23. The summed E-state index contributed by atoms with van der Waals surface area (Å²) in [5.74, 6) is -0.151. The van der Waals surface area contributed by atoms with Crippen molar-refractivity contribution >= 4 is 55.8 Å². The molecule has 40 heavy (non-hydrogen) atoms. The van der Waals surface area contributed by atoms with Gasteiger partial charge in [0.15, 0.2) is 0 Å². The lowest BCUT2D eigenvalue weighted by molar-refractivity contribution is 0.0952.